The number of carbonyl (C=O) groups is 1. The first-order chi connectivity index (χ1) is 12.3. The minimum atomic E-state index is -4.94. The molecule has 0 saturated carbocycles. The number of hydrogen-bond acceptors (Lipinski definition) is 12. The monoisotopic (exact) mass is 505 g/mol. The van der Waals surface area contributed by atoms with Gasteiger partial charge in [-0.3, -0.25) is 0 Å². The summed E-state index contributed by atoms with van der Waals surface area (Å²) in [6.07, 6.45) is 1.12. The number of carboxylic acid groups (broad SMARTS) is 1. The summed E-state index contributed by atoms with van der Waals surface area (Å²) < 4.78 is 67.9. The Bertz CT molecular complexity index is 338. The van der Waals surface area contributed by atoms with Crippen LogP contribution in [0, 0.1) is 20.5 Å². The average molecular weight is 507 g/mol. The van der Waals surface area contributed by atoms with Crippen LogP contribution in [0.2, 0.25) is 0 Å². The van der Waals surface area contributed by atoms with Gasteiger partial charge in [0.15, 0.2) is 0 Å². The average Bonchev–Trinajstić information content (AvgIpc) is 2.46. The summed E-state index contributed by atoms with van der Waals surface area (Å²) in [7, 11) is -9.89. The molecule has 1 heterocycles. The molecule has 1 aliphatic heterocycles. The summed E-state index contributed by atoms with van der Waals surface area (Å²) >= 11 is 0. The molecule has 14 nitrogen and oxygen atoms in total. The van der Waals surface area contributed by atoms with E-state index in [4.69, 9.17) is 42.4 Å². The summed E-state index contributed by atoms with van der Waals surface area (Å²) in [5.74, 6) is 0. The molecule has 0 unspecified atom stereocenters. The van der Waals surface area contributed by atoms with Crippen LogP contribution in [-0.4, -0.2) is 68.5 Å². The molecule has 0 aliphatic carbocycles. The Balaban J connectivity index is -0.000000473. The molecule has 0 spiro atoms. The zero-order chi connectivity index (χ0) is 21.3. The third kappa shape index (κ3) is 40.6. The quantitative estimate of drug-likeness (QED) is 0.222. The number of hydrogen-bond donors (Lipinski definition) is 4. The van der Waals surface area contributed by atoms with E-state index in [0.717, 1.165) is 52.1 Å². The third-order valence-electron chi connectivity index (χ3n) is 2.80. The summed E-state index contributed by atoms with van der Waals surface area (Å²) in [6, 6.07) is 0. The van der Waals surface area contributed by atoms with Crippen molar-refractivity contribution < 1.29 is 84.7 Å². The largest absolute Gasteiger partial charge is 2.00 e. The molecule has 1 fully saturated rings. The number of amides is 1. The molecule has 1 radical (unpaired) electrons. The molecule has 17 heteroatoms. The van der Waals surface area contributed by atoms with Crippen molar-refractivity contribution in [3.8, 4) is 0 Å². The SMILES string of the molecule is O=C(O)N1CCCNCCNCCCNCC1.[Cu+2].[O-][Cl+3]([O-])([O-])[O-].[O-][Cl+3]([O-])([O-])[O-]. The maximum Gasteiger partial charge on any atom is 2.00 e. The van der Waals surface area contributed by atoms with Gasteiger partial charge in [-0.25, -0.2) is 42.1 Å². The molecular weight excluding hydrogens is 483 g/mol. The van der Waals surface area contributed by atoms with Gasteiger partial charge in [0, 0.05) is 32.7 Å². The second kappa shape index (κ2) is 18.9. The van der Waals surface area contributed by atoms with E-state index in [9.17, 15) is 4.79 Å². The van der Waals surface area contributed by atoms with Crippen LogP contribution in [0.1, 0.15) is 12.8 Å². The van der Waals surface area contributed by atoms with Gasteiger partial charge in [0.05, 0.1) is 0 Å². The zero-order valence-electron chi connectivity index (χ0n) is 14.7. The van der Waals surface area contributed by atoms with Crippen molar-refractivity contribution in [2.75, 3.05) is 52.4 Å². The predicted octanol–water partition coefficient (Wildman–Crippen LogP) is -9.99. The minimum absolute atomic E-state index is 0. The fourth-order valence-electron chi connectivity index (χ4n) is 1.80. The fourth-order valence-corrected chi connectivity index (χ4v) is 1.80. The molecule has 0 aromatic carbocycles. The van der Waals surface area contributed by atoms with Crippen molar-refractivity contribution >= 4 is 6.09 Å². The van der Waals surface area contributed by atoms with E-state index >= 15 is 0 Å². The normalized spacial score (nSPS) is 17.5. The summed E-state index contributed by atoms with van der Waals surface area (Å²) in [5, 5.41) is 18.9. The van der Waals surface area contributed by atoms with Crippen LogP contribution in [0.5, 0.6) is 0 Å². The van der Waals surface area contributed by atoms with Crippen molar-refractivity contribution in [1.82, 2.24) is 20.9 Å². The zero-order valence-corrected chi connectivity index (χ0v) is 17.2. The molecule has 0 atom stereocenters. The van der Waals surface area contributed by atoms with Crippen LogP contribution in [-0.2, 0) is 17.1 Å². The van der Waals surface area contributed by atoms with Crippen LogP contribution >= 0.6 is 0 Å². The van der Waals surface area contributed by atoms with Gasteiger partial charge in [-0.05, 0) is 32.5 Å². The fraction of sp³-hybridized carbons (Fsp3) is 0.909. The van der Waals surface area contributed by atoms with E-state index in [1.807, 2.05) is 0 Å². The molecule has 1 amide bonds. The first kappa shape index (κ1) is 32.6. The van der Waals surface area contributed by atoms with Gasteiger partial charge in [-0.2, -0.15) is 0 Å². The standard InChI is InChI=1S/C11H24N4O2.2ClHO4.Cu/c16-11(17)15-9-2-5-13-7-6-12-3-1-4-14-8-10-15;2*2-1(3,4)5;/h12-14H,1-10H2,(H,16,17);2*(H,2,3,4,5);/q;;;+2/p-2. The molecule has 0 aromatic heterocycles. The van der Waals surface area contributed by atoms with Gasteiger partial charge in [0.1, 0.15) is 0 Å². The third-order valence-corrected chi connectivity index (χ3v) is 2.80. The number of nitrogens with zero attached hydrogens (tertiary/aromatic N) is 1. The Kier molecular flexibility index (Phi) is 22.0. The molecule has 28 heavy (non-hydrogen) atoms. The number of nitrogens with one attached hydrogen (secondary N) is 3. The summed E-state index contributed by atoms with van der Waals surface area (Å²) in [6.45, 7) is 6.66. The molecule has 1 saturated heterocycles. The number of rotatable bonds is 0. The van der Waals surface area contributed by atoms with Gasteiger partial charge in [-0.15, -0.1) is 20.5 Å². The van der Waals surface area contributed by atoms with Gasteiger partial charge >= 0.3 is 23.2 Å². The topological polar surface area (TPSA) is 261 Å². The van der Waals surface area contributed by atoms with Crippen molar-refractivity contribution in [3.05, 3.63) is 0 Å². The van der Waals surface area contributed by atoms with Gasteiger partial charge in [0.25, 0.3) is 0 Å². The van der Waals surface area contributed by atoms with Gasteiger partial charge in [0.2, 0.25) is 0 Å². The van der Waals surface area contributed by atoms with Crippen LogP contribution in [0.15, 0.2) is 0 Å². The van der Waals surface area contributed by atoms with Crippen LogP contribution in [0.4, 0.5) is 4.79 Å². The van der Waals surface area contributed by atoms with Crippen molar-refractivity contribution in [3.63, 3.8) is 0 Å². The van der Waals surface area contributed by atoms with E-state index in [1.54, 1.807) is 0 Å². The van der Waals surface area contributed by atoms with Crippen molar-refractivity contribution in [1.29, 1.82) is 0 Å². The second-order valence-electron chi connectivity index (χ2n) is 4.98. The maximum absolute atomic E-state index is 11.0. The van der Waals surface area contributed by atoms with Crippen molar-refractivity contribution in [2.24, 2.45) is 0 Å². The first-order valence-electron chi connectivity index (χ1n) is 7.64. The Hall–Kier alpha value is -0.0705. The second-order valence-corrected chi connectivity index (χ2v) is 6.49. The summed E-state index contributed by atoms with van der Waals surface area (Å²) in [4.78, 5) is 12.4. The molecule has 4 N–H and O–H groups in total. The van der Waals surface area contributed by atoms with E-state index in [1.165, 1.54) is 4.90 Å². The first-order valence-corrected chi connectivity index (χ1v) is 10.1. The predicted molar refractivity (Wildman–Crippen MR) is 67.4 cm³/mol. The summed E-state index contributed by atoms with van der Waals surface area (Å²) in [5.41, 5.74) is 0. The molecule has 1 rings (SSSR count). The Labute approximate surface area is 177 Å². The Morgan fingerprint density at radius 3 is 1.43 bits per heavy atom. The van der Waals surface area contributed by atoms with E-state index < -0.39 is 26.6 Å². The van der Waals surface area contributed by atoms with E-state index in [-0.39, 0.29) is 17.1 Å². The molecular formula is C11H24Cl2CuN4O10. The minimum Gasteiger partial charge on any atom is -0.465 e. The van der Waals surface area contributed by atoms with E-state index in [0.29, 0.717) is 13.1 Å². The van der Waals surface area contributed by atoms with Crippen LogP contribution in [0.3, 0.4) is 0 Å². The van der Waals surface area contributed by atoms with E-state index in [2.05, 4.69) is 16.0 Å². The van der Waals surface area contributed by atoms with Crippen LogP contribution < -0.4 is 53.2 Å². The van der Waals surface area contributed by atoms with Gasteiger partial charge in [-0.1, -0.05) is 0 Å². The molecule has 1 aliphatic rings. The maximum atomic E-state index is 11.0. The number of halogens is 2. The van der Waals surface area contributed by atoms with Crippen LogP contribution in [0.25, 0.3) is 0 Å². The molecule has 0 aromatic rings. The Morgan fingerprint density at radius 1 is 0.679 bits per heavy atom. The smallest absolute Gasteiger partial charge is 0.465 e. The molecule has 173 valence electrons. The Morgan fingerprint density at radius 2 is 1.04 bits per heavy atom. The molecule has 0 bridgehead atoms. The van der Waals surface area contributed by atoms with Gasteiger partial charge < -0.3 is 26.0 Å². The van der Waals surface area contributed by atoms with Crippen molar-refractivity contribution in [2.45, 2.75) is 12.8 Å².